The largest absolute Gasteiger partial charge is 0.480 e. The first-order valence-corrected chi connectivity index (χ1v) is 3.20. The number of nitrogens with two attached hydrogens (primary N) is 1. The van der Waals surface area contributed by atoms with Crippen molar-refractivity contribution in [2.24, 2.45) is 11.7 Å². The van der Waals surface area contributed by atoms with Crippen LogP contribution < -0.4 is 5.73 Å². The molecule has 0 fully saturated rings. The number of hydrogen-bond donors (Lipinski definition) is 2. The molecule has 10 heavy (non-hydrogen) atoms. The van der Waals surface area contributed by atoms with Crippen molar-refractivity contribution in [2.75, 3.05) is 0 Å². The summed E-state index contributed by atoms with van der Waals surface area (Å²) in [6.07, 6.45) is 3.58. The Kier molecular flexibility index (Phi) is 3.72. The molecule has 0 saturated heterocycles. The van der Waals surface area contributed by atoms with Gasteiger partial charge >= 0.3 is 5.97 Å². The summed E-state index contributed by atoms with van der Waals surface area (Å²) >= 11 is 0. The Balaban J connectivity index is 3.93. The van der Waals surface area contributed by atoms with Crippen LogP contribution in [-0.2, 0) is 4.79 Å². The third-order valence-electron chi connectivity index (χ3n) is 1.35. The van der Waals surface area contributed by atoms with Crippen molar-refractivity contribution in [1.29, 1.82) is 0 Å². The van der Waals surface area contributed by atoms with Crippen molar-refractivity contribution in [3.05, 3.63) is 12.2 Å². The molecule has 0 aliphatic heterocycles. The Morgan fingerprint density at radius 3 is 2.50 bits per heavy atom. The van der Waals surface area contributed by atoms with Gasteiger partial charge in [-0.25, -0.2) is 0 Å². The van der Waals surface area contributed by atoms with E-state index in [4.69, 9.17) is 10.8 Å². The van der Waals surface area contributed by atoms with E-state index >= 15 is 0 Å². The first-order valence-electron chi connectivity index (χ1n) is 3.20. The molecule has 0 aromatic rings. The molecule has 0 aromatic heterocycles. The lowest BCUT2D eigenvalue weighted by atomic mass is 10.0. The molecule has 3 nitrogen and oxygen atoms in total. The van der Waals surface area contributed by atoms with Gasteiger partial charge in [0.2, 0.25) is 0 Å². The lowest BCUT2D eigenvalue weighted by molar-refractivity contribution is -0.139. The van der Waals surface area contributed by atoms with E-state index in [1.54, 1.807) is 19.1 Å². The van der Waals surface area contributed by atoms with Crippen LogP contribution in [0.5, 0.6) is 0 Å². The monoisotopic (exact) mass is 143 g/mol. The first kappa shape index (κ1) is 9.17. The number of hydrogen-bond acceptors (Lipinski definition) is 2. The fraction of sp³-hybridized carbons (Fsp3) is 0.571. The minimum absolute atomic E-state index is 0.0949. The molecule has 0 radical (unpaired) electrons. The minimum Gasteiger partial charge on any atom is -0.480 e. The van der Waals surface area contributed by atoms with E-state index in [1.807, 2.05) is 6.92 Å². The fourth-order valence-corrected chi connectivity index (χ4v) is 0.648. The molecular formula is C7H13NO2. The molecule has 0 rings (SSSR count). The topological polar surface area (TPSA) is 63.3 Å². The molecule has 3 N–H and O–H groups in total. The number of allylic oxidation sites excluding steroid dienone is 1. The smallest absolute Gasteiger partial charge is 0.321 e. The van der Waals surface area contributed by atoms with Crippen molar-refractivity contribution in [3.8, 4) is 0 Å². The predicted molar refractivity (Wildman–Crippen MR) is 39.6 cm³/mol. The fourth-order valence-electron chi connectivity index (χ4n) is 0.648. The van der Waals surface area contributed by atoms with Gasteiger partial charge < -0.3 is 10.8 Å². The van der Waals surface area contributed by atoms with Gasteiger partial charge in [0.15, 0.2) is 0 Å². The van der Waals surface area contributed by atoms with Crippen LogP contribution in [0.3, 0.4) is 0 Å². The van der Waals surface area contributed by atoms with Crippen LogP contribution in [0.4, 0.5) is 0 Å². The van der Waals surface area contributed by atoms with Crippen LogP contribution in [0.15, 0.2) is 12.2 Å². The quantitative estimate of drug-likeness (QED) is 0.569. The van der Waals surface area contributed by atoms with Gasteiger partial charge in [0.1, 0.15) is 6.04 Å². The molecule has 3 heteroatoms. The van der Waals surface area contributed by atoms with Crippen molar-refractivity contribution >= 4 is 5.97 Å². The van der Waals surface area contributed by atoms with Gasteiger partial charge in [-0.3, -0.25) is 4.79 Å². The van der Waals surface area contributed by atoms with Crippen molar-refractivity contribution in [1.82, 2.24) is 0 Å². The van der Waals surface area contributed by atoms with E-state index in [-0.39, 0.29) is 5.92 Å². The van der Waals surface area contributed by atoms with Crippen LogP contribution in [0, 0.1) is 5.92 Å². The molecule has 58 valence electrons. The van der Waals surface area contributed by atoms with Gasteiger partial charge in [0.05, 0.1) is 0 Å². The second-order valence-electron chi connectivity index (χ2n) is 2.25. The second kappa shape index (κ2) is 4.06. The standard InChI is InChI=1S/C7H13NO2/c1-3-4-5(2)6(8)7(9)10/h3-6H,8H2,1-2H3,(H,9,10)/b4-3+/t5?,6-/m0/s1. The molecule has 0 amide bonds. The van der Waals surface area contributed by atoms with Gasteiger partial charge in [0, 0.05) is 0 Å². The summed E-state index contributed by atoms with van der Waals surface area (Å²) in [5.74, 6) is -1.05. The molecule has 1 unspecified atom stereocenters. The van der Waals surface area contributed by atoms with Gasteiger partial charge in [-0.05, 0) is 12.8 Å². The highest BCUT2D eigenvalue weighted by Gasteiger charge is 2.16. The first-order chi connectivity index (χ1) is 4.59. The van der Waals surface area contributed by atoms with E-state index in [1.165, 1.54) is 0 Å². The summed E-state index contributed by atoms with van der Waals surface area (Å²) in [5.41, 5.74) is 5.30. The van der Waals surface area contributed by atoms with Gasteiger partial charge in [-0.15, -0.1) is 0 Å². The third kappa shape index (κ3) is 2.64. The molecule has 0 bridgehead atoms. The molecule has 2 atom stereocenters. The lowest BCUT2D eigenvalue weighted by Gasteiger charge is -2.10. The number of aliphatic carboxylic acids is 1. The highest BCUT2D eigenvalue weighted by atomic mass is 16.4. The van der Waals surface area contributed by atoms with Gasteiger partial charge in [-0.2, -0.15) is 0 Å². The lowest BCUT2D eigenvalue weighted by Crippen LogP contribution is -2.35. The maximum atomic E-state index is 10.3. The van der Waals surface area contributed by atoms with Crippen LogP contribution in [0.25, 0.3) is 0 Å². The van der Waals surface area contributed by atoms with Gasteiger partial charge in [0.25, 0.3) is 0 Å². The summed E-state index contributed by atoms with van der Waals surface area (Å²) in [5, 5.41) is 8.42. The van der Waals surface area contributed by atoms with Crippen molar-refractivity contribution in [3.63, 3.8) is 0 Å². The molecular weight excluding hydrogens is 130 g/mol. The molecule has 0 saturated carbocycles. The number of rotatable bonds is 3. The van der Waals surface area contributed by atoms with E-state index in [0.717, 1.165) is 0 Å². The highest BCUT2D eigenvalue weighted by Crippen LogP contribution is 2.01. The van der Waals surface area contributed by atoms with Crippen LogP contribution in [0.1, 0.15) is 13.8 Å². The van der Waals surface area contributed by atoms with E-state index in [2.05, 4.69) is 0 Å². The predicted octanol–water partition coefficient (Wildman–Crippen LogP) is 0.611. The SMILES string of the molecule is C/C=C/C(C)[C@H](N)C(=O)O. The summed E-state index contributed by atoms with van der Waals surface area (Å²) in [4.78, 5) is 10.3. The van der Waals surface area contributed by atoms with Crippen molar-refractivity contribution in [2.45, 2.75) is 19.9 Å². The van der Waals surface area contributed by atoms with Crippen LogP contribution >= 0.6 is 0 Å². The summed E-state index contributed by atoms with van der Waals surface area (Å²) < 4.78 is 0. The van der Waals surface area contributed by atoms with Gasteiger partial charge in [-0.1, -0.05) is 19.1 Å². The maximum absolute atomic E-state index is 10.3. The molecule has 0 aliphatic rings. The zero-order chi connectivity index (χ0) is 8.15. The van der Waals surface area contributed by atoms with Crippen LogP contribution in [0.2, 0.25) is 0 Å². The Morgan fingerprint density at radius 2 is 2.20 bits per heavy atom. The summed E-state index contributed by atoms with van der Waals surface area (Å²) in [6, 6.07) is -0.781. The average Bonchev–Trinajstić information content (AvgIpc) is 1.87. The summed E-state index contributed by atoms with van der Waals surface area (Å²) in [7, 11) is 0. The number of carboxylic acids is 1. The second-order valence-corrected chi connectivity index (χ2v) is 2.25. The maximum Gasteiger partial charge on any atom is 0.321 e. The Hall–Kier alpha value is -0.830. The Labute approximate surface area is 60.5 Å². The molecule has 0 heterocycles. The molecule has 0 spiro atoms. The summed E-state index contributed by atoms with van der Waals surface area (Å²) in [6.45, 7) is 3.61. The molecule has 0 aliphatic carbocycles. The van der Waals surface area contributed by atoms with E-state index in [0.29, 0.717) is 0 Å². The average molecular weight is 143 g/mol. The number of carboxylic acid groups (broad SMARTS) is 1. The van der Waals surface area contributed by atoms with E-state index < -0.39 is 12.0 Å². The minimum atomic E-state index is -0.953. The van der Waals surface area contributed by atoms with E-state index in [9.17, 15) is 4.79 Å². The van der Waals surface area contributed by atoms with Crippen LogP contribution in [-0.4, -0.2) is 17.1 Å². The van der Waals surface area contributed by atoms with Crippen molar-refractivity contribution < 1.29 is 9.90 Å². The normalized spacial score (nSPS) is 17.1. The Bertz CT molecular complexity index is 143. The number of carbonyl (C=O) groups is 1. The third-order valence-corrected chi connectivity index (χ3v) is 1.35. The zero-order valence-corrected chi connectivity index (χ0v) is 6.24. The molecule has 0 aromatic carbocycles. The zero-order valence-electron chi connectivity index (χ0n) is 6.24. The Morgan fingerprint density at radius 1 is 1.70 bits per heavy atom. The highest BCUT2D eigenvalue weighted by molar-refractivity contribution is 5.73.